The van der Waals surface area contributed by atoms with Gasteiger partial charge in [0.15, 0.2) is 0 Å². The molecule has 4 heteroatoms. The lowest BCUT2D eigenvalue weighted by atomic mass is 9.96. The Kier molecular flexibility index (Phi) is 14.3. The Labute approximate surface area is 180 Å². The zero-order valence-corrected chi connectivity index (χ0v) is 19.7. The molecule has 0 saturated carbocycles. The maximum Gasteiger partial charge on any atom is 0.269 e. The highest BCUT2D eigenvalue weighted by Crippen LogP contribution is 2.20. The summed E-state index contributed by atoms with van der Waals surface area (Å²) in [4.78, 5) is 0. The Hall–Kier alpha value is -0.870. The zero-order valence-electron chi connectivity index (χ0n) is 18.9. The molecule has 0 radical (unpaired) electrons. The van der Waals surface area contributed by atoms with Crippen LogP contribution in [0.15, 0.2) is 18.2 Å². The smallest absolute Gasteiger partial charge is 0.269 e. The molecular weight excluding hydrogens is 380 g/mol. The zero-order chi connectivity index (χ0) is 21.4. The highest BCUT2D eigenvalue weighted by atomic mass is 32.2. The Balaban J connectivity index is 2.51. The molecule has 0 atom stereocenters. The molecule has 0 aromatic heterocycles. The van der Waals surface area contributed by atoms with E-state index >= 15 is 0 Å². The van der Waals surface area contributed by atoms with Crippen molar-refractivity contribution in [2.24, 2.45) is 0 Å². The lowest BCUT2D eigenvalue weighted by molar-refractivity contribution is 0.482. The molecule has 0 saturated heterocycles. The van der Waals surface area contributed by atoms with E-state index in [4.69, 9.17) is 0 Å². The van der Waals surface area contributed by atoms with Gasteiger partial charge in [-0.25, -0.2) is 0 Å². The number of hydrogen-bond donors (Lipinski definition) is 1. The summed E-state index contributed by atoms with van der Waals surface area (Å²) in [5, 5.41) is 0. The molecule has 0 heterocycles. The van der Waals surface area contributed by atoms with E-state index in [0.29, 0.717) is 0 Å². The van der Waals surface area contributed by atoms with E-state index in [2.05, 4.69) is 19.9 Å². The molecule has 0 fully saturated rings. The van der Waals surface area contributed by atoms with Crippen LogP contribution in [0.25, 0.3) is 0 Å². The molecule has 3 nitrogen and oxygen atoms in total. The minimum Gasteiger partial charge on any atom is -0.285 e. The van der Waals surface area contributed by atoms with Crippen molar-refractivity contribution in [1.29, 1.82) is 0 Å². The normalized spacial score (nSPS) is 11.8. The van der Waals surface area contributed by atoms with Crippen LogP contribution in [0.3, 0.4) is 0 Å². The van der Waals surface area contributed by atoms with Gasteiger partial charge in [-0.05, 0) is 42.4 Å². The van der Waals surface area contributed by atoms with Gasteiger partial charge in [-0.3, -0.25) is 4.55 Å². The first-order valence-corrected chi connectivity index (χ1v) is 13.6. The summed E-state index contributed by atoms with van der Waals surface area (Å²) in [6.45, 7) is 4.48. The molecule has 0 unspecified atom stereocenters. The van der Waals surface area contributed by atoms with Crippen LogP contribution in [0.1, 0.15) is 120 Å². The quantitative estimate of drug-likeness (QED) is 0.194. The first kappa shape index (κ1) is 26.2. The third-order valence-corrected chi connectivity index (χ3v) is 6.40. The molecule has 0 bridgehead atoms. The van der Waals surface area contributed by atoms with E-state index in [1.807, 2.05) is 12.1 Å². The van der Waals surface area contributed by atoms with Gasteiger partial charge < -0.3 is 0 Å². The van der Waals surface area contributed by atoms with Gasteiger partial charge in [-0.1, -0.05) is 109 Å². The summed E-state index contributed by atoms with van der Waals surface area (Å²) in [6, 6.07) is 6.15. The van der Waals surface area contributed by atoms with Gasteiger partial charge in [-0.15, -0.1) is 0 Å². The van der Waals surface area contributed by atoms with Gasteiger partial charge in [0.2, 0.25) is 0 Å². The van der Waals surface area contributed by atoms with Gasteiger partial charge in [-0.2, -0.15) is 8.42 Å². The molecular formula is C25H44O3S. The molecule has 1 rings (SSSR count). The average Bonchev–Trinajstić information content (AvgIpc) is 2.67. The van der Waals surface area contributed by atoms with E-state index in [1.54, 1.807) is 0 Å². The fraction of sp³-hybridized carbons (Fsp3) is 0.760. The van der Waals surface area contributed by atoms with Crippen molar-refractivity contribution in [3.8, 4) is 0 Å². The number of unbranched alkanes of at least 4 members (excludes halogenated alkanes) is 12. The van der Waals surface area contributed by atoms with E-state index in [0.717, 1.165) is 30.4 Å². The van der Waals surface area contributed by atoms with Gasteiger partial charge in [0.25, 0.3) is 10.1 Å². The van der Waals surface area contributed by atoms with Gasteiger partial charge in [0, 0.05) is 0 Å². The summed E-state index contributed by atoms with van der Waals surface area (Å²) in [6.07, 6.45) is 19.8. The molecule has 1 N–H and O–H groups in total. The fourth-order valence-corrected chi connectivity index (χ4v) is 4.64. The van der Waals surface area contributed by atoms with Crippen molar-refractivity contribution in [2.45, 2.75) is 122 Å². The first-order chi connectivity index (χ1) is 14.0. The van der Waals surface area contributed by atoms with Gasteiger partial charge >= 0.3 is 0 Å². The minimum absolute atomic E-state index is 0.267. The molecule has 0 aliphatic heterocycles. The largest absolute Gasteiger partial charge is 0.285 e. The Morgan fingerprint density at radius 2 is 1.14 bits per heavy atom. The third-order valence-electron chi connectivity index (χ3n) is 5.73. The second-order valence-electron chi connectivity index (χ2n) is 8.57. The summed E-state index contributed by atoms with van der Waals surface area (Å²) < 4.78 is 32.1. The maximum absolute atomic E-state index is 11.4. The van der Waals surface area contributed by atoms with Crippen LogP contribution in [-0.2, 0) is 28.7 Å². The monoisotopic (exact) mass is 424 g/mol. The molecule has 29 heavy (non-hydrogen) atoms. The topological polar surface area (TPSA) is 54.4 Å². The van der Waals surface area contributed by atoms with E-state index in [1.165, 1.54) is 89.0 Å². The average molecular weight is 425 g/mol. The summed E-state index contributed by atoms with van der Waals surface area (Å²) in [5.74, 6) is -0.267. The Morgan fingerprint density at radius 3 is 1.66 bits per heavy atom. The van der Waals surface area contributed by atoms with Crippen LogP contribution in [-0.4, -0.2) is 13.0 Å². The minimum atomic E-state index is -3.99. The SMILES string of the molecule is CCCCCCCCCc1ccc(CS(=O)(=O)O)c(CCCCCCCCC)c1. The Bertz CT molecular complexity index is 637. The van der Waals surface area contributed by atoms with Crippen LogP contribution >= 0.6 is 0 Å². The van der Waals surface area contributed by atoms with Crippen LogP contribution in [0.2, 0.25) is 0 Å². The van der Waals surface area contributed by atoms with Crippen molar-refractivity contribution in [3.63, 3.8) is 0 Å². The van der Waals surface area contributed by atoms with E-state index < -0.39 is 10.1 Å². The van der Waals surface area contributed by atoms with Crippen molar-refractivity contribution < 1.29 is 13.0 Å². The predicted molar refractivity (Wildman–Crippen MR) is 125 cm³/mol. The third kappa shape index (κ3) is 13.9. The molecule has 168 valence electrons. The standard InChI is InChI=1S/C25H44O3S/c1-3-5-7-9-11-13-15-17-23-19-20-25(22-29(26,27)28)24(21-23)18-16-14-12-10-8-6-4-2/h19-21H,3-18,22H2,1-2H3,(H,26,27,28). The fourth-order valence-electron chi connectivity index (χ4n) is 3.96. The second-order valence-corrected chi connectivity index (χ2v) is 10.0. The van der Waals surface area contributed by atoms with Crippen molar-refractivity contribution >= 4 is 10.1 Å². The van der Waals surface area contributed by atoms with E-state index in [-0.39, 0.29) is 5.75 Å². The number of aryl methyl sites for hydroxylation is 2. The molecule has 0 aliphatic carbocycles. The molecule has 1 aromatic carbocycles. The van der Waals surface area contributed by atoms with E-state index in [9.17, 15) is 13.0 Å². The molecule has 0 amide bonds. The summed E-state index contributed by atoms with van der Waals surface area (Å²) >= 11 is 0. The Morgan fingerprint density at radius 1 is 0.655 bits per heavy atom. The van der Waals surface area contributed by atoms with Crippen LogP contribution in [0.4, 0.5) is 0 Å². The summed E-state index contributed by atoms with van der Waals surface area (Å²) in [5.41, 5.74) is 3.18. The number of hydrogen-bond acceptors (Lipinski definition) is 2. The molecule has 1 aromatic rings. The van der Waals surface area contributed by atoms with Gasteiger partial charge in [0.1, 0.15) is 5.75 Å². The summed E-state index contributed by atoms with van der Waals surface area (Å²) in [7, 11) is -3.99. The number of rotatable bonds is 18. The van der Waals surface area contributed by atoms with Crippen LogP contribution < -0.4 is 0 Å². The van der Waals surface area contributed by atoms with Gasteiger partial charge in [0.05, 0.1) is 0 Å². The van der Waals surface area contributed by atoms with Crippen LogP contribution in [0.5, 0.6) is 0 Å². The molecule has 0 spiro atoms. The van der Waals surface area contributed by atoms with Crippen molar-refractivity contribution in [1.82, 2.24) is 0 Å². The number of benzene rings is 1. The van der Waals surface area contributed by atoms with Crippen molar-refractivity contribution in [3.05, 3.63) is 34.9 Å². The highest BCUT2D eigenvalue weighted by Gasteiger charge is 2.12. The lowest BCUT2D eigenvalue weighted by Gasteiger charge is -2.12. The highest BCUT2D eigenvalue weighted by molar-refractivity contribution is 7.85. The van der Waals surface area contributed by atoms with Crippen molar-refractivity contribution in [2.75, 3.05) is 0 Å². The first-order valence-electron chi connectivity index (χ1n) is 12.0. The van der Waals surface area contributed by atoms with Crippen LogP contribution in [0, 0.1) is 0 Å². The lowest BCUT2D eigenvalue weighted by Crippen LogP contribution is -2.05. The molecule has 0 aliphatic rings. The second kappa shape index (κ2) is 15.9. The predicted octanol–water partition coefficient (Wildman–Crippen LogP) is 7.66. The maximum atomic E-state index is 11.4.